The molecule has 0 saturated carbocycles. The minimum atomic E-state index is 0.338. The zero-order chi connectivity index (χ0) is 16.1. The van der Waals surface area contributed by atoms with E-state index in [0.717, 1.165) is 17.8 Å². The van der Waals surface area contributed by atoms with Crippen LogP contribution in [0, 0.1) is 0 Å². The molecule has 2 aromatic carbocycles. The van der Waals surface area contributed by atoms with Crippen LogP contribution >= 0.6 is 0 Å². The van der Waals surface area contributed by atoms with E-state index in [1.165, 1.54) is 0 Å². The maximum absolute atomic E-state index is 5.85. The zero-order valence-electron chi connectivity index (χ0n) is 13.2. The van der Waals surface area contributed by atoms with Crippen molar-refractivity contribution in [2.24, 2.45) is 0 Å². The lowest BCUT2D eigenvalue weighted by Gasteiger charge is -2.10. The molecule has 1 heterocycles. The second-order valence-electron chi connectivity index (χ2n) is 5.49. The summed E-state index contributed by atoms with van der Waals surface area (Å²) in [6.45, 7) is 5.03. The first-order valence-corrected chi connectivity index (χ1v) is 7.56. The van der Waals surface area contributed by atoms with Crippen molar-refractivity contribution in [2.45, 2.75) is 26.4 Å². The summed E-state index contributed by atoms with van der Waals surface area (Å²) in [5.41, 5.74) is 2.00. The predicted molar refractivity (Wildman–Crippen MR) is 87.6 cm³/mol. The van der Waals surface area contributed by atoms with Gasteiger partial charge in [0.15, 0.2) is 0 Å². The van der Waals surface area contributed by atoms with E-state index in [9.17, 15) is 0 Å². The summed E-state index contributed by atoms with van der Waals surface area (Å²) in [6, 6.07) is 18.3. The molecule has 1 N–H and O–H groups in total. The number of hydrogen-bond acceptors (Lipinski definition) is 5. The zero-order valence-corrected chi connectivity index (χ0v) is 13.2. The average molecular weight is 309 g/mol. The monoisotopic (exact) mass is 309 g/mol. The third-order valence-corrected chi connectivity index (χ3v) is 3.26. The second-order valence-corrected chi connectivity index (χ2v) is 5.49. The molecule has 0 amide bonds. The highest BCUT2D eigenvalue weighted by atomic mass is 16.5. The number of ether oxygens (including phenoxy) is 1. The van der Waals surface area contributed by atoms with Gasteiger partial charge >= 0.3 is 6.01 Å². The Hall–Kier alpha value is -2.73. The molecule has 0 aliphatic carbocycles. The number of nitrogens with one attached hydrogen (secondary N) is 1. The Bertz CT molecular complexity index is 754. The van der Waals surface area contributed by atoms with Gasteiger partial charge < -0.3 is 10.1 Å². The van der Waals surface area contributed by atoms with Crippen LogP contribution in [0.4, 0.5) is 0 Å². The van der Waals surface area contributed by atoms with Crippen LogP contribution in [0.15, 0.2) is 54.6 Å². The van der Waals surface area contributed by atoms with Gasteiger partial charge in [-0.05, 0) is 40.3 Å². The Kier molecular flexibility index (Phi) is 4.63. The number of aromatic nitrogens is 4. The number of benzene rings is 2. The number of rotatable bonds is 6. The molecule has 118 valence electrons. The van der Waals surface area contributed by atoms with Crippen LogP contribution in [0.25, 0.3) is 5.69 Å². The summed E-state index contributed by atoms with van der Waals surface area (Å²) < 4.78 is 7.42. The van der Waals surface area contributed by atoms with Crippen molar-refractivity contribution in [3.05, 3.63) is 60.2 Å². The molecule has 23 heavy (non-hydrogen) atoms. The molecular weight excluding hydrogens is 290 g/mol. The summed E-state index contributed by atoms with van der Waals surface area (Å²) in [7, 11) is 0. The summed E-state index contributed by atoms with van der Waals surface area (Å²) >= 11 is 0. The standard InChI is InChI=1S/C17H19N5O/c1-13(2)18-12-14-7-6-10-16(11-14)23-17-19-20-21-22(17)15-8-4-3-5-9-15/h3-11,13,18H,12H2,1-2H3. The molecule has 0 aliphatic heterocycles. The molecule has 0 bridgehead atoms. The number of hydrogen-bond donors (Lipinski definition) is 1. The van der Waals surface area contributed by atoms with Gasteiger partial charge in [-0.25, -0.2) is 0 Å². The van der Waals surface area contributed by atoms with Gasteiger partial charge in [-0.1, -0.05) is 49.3 Å². The molecule has 6 nitrogen and oxygen atoms in total. The van der Waals surface area contributed by atoms with Crippen LogP contribution in [-0.4, -0.2) is 26.2 Å². The summed E-state index contributed by atoms with van der Waals surface area (Å²) in [6.07, 6.45) is 0. The normalized spacial score (nSPS) is 10.9. The summed E-state index contributed by atoms with van der Waals surface area (Å²) in [5, 5.41) is 15.0. The van der Waals surface area contributed by atoms with Crippen molar-refractivity contribution in [3.63, 3.8) is 0 Å². The predicted octanol–water partition coefficient (Wildman–Crippen LogP) is 2.95. The molecule has 0 radical (unpaired) electrons. The Morgan fingerprint density at radius 3 is 2.70 bits per heavy atom. The molecule has 1 aromatic heterocycles. The molecule has 0 atom stereocenters. The topological polar surface area (TPSA) is 64.9 Å². The molecule has 3 aromatic rings. The highest BCUT2D eigenvalue weighted by Crippen LogP contribution is 2.22. The van der Waals surface area contributed by atoms with Gasteiger partial charge in [0.05, 0.1) is 5.69 Å². The summed E-state index contributed by atoms with van der Waals surface area (Å²) in [5.74, 6) is 0.708. The van der Waals surface area contributed by atoms with E-state index in [1.54, 1.807) is 4.68 Å². The minimum Gasteiger partial charge on any atom is -0.423 e. The minimum absolute atomic E-state index is 0.338. The van der Waals surface area contributed by atoms with Crippen LogP contribution in [0.5, 0.6) is 11.8 Å². The van der Waals surface area contributed by atoms with Crippen LogP contribution in [0.1, 0.15) is 19.4 Å². The van der Waals surface area contributed by atoms with E-state index in [1.807, 2.05) is 48.5 Å². The molecule has 0 spiro atoms. The molecule has 3 rings (SSSR count). The van der Waals surface area contributed by atoms with E-state index >= 15 is 0 Å². The number of para-hydroxylation sites is 1. The van der Waals surface area contributed by atoms with Crippen LogP contribution in [-0.2, 0) is 6.54 Å². The van der Waals surface area contributed by atoms with Crippen molar-refractivity contribution in [3.8, 4) is 17.4 Å². The highest BCUT2D eigenvalue weighted by Gasteiger charge is 2.10. The van der Waals surface area contributed by atoms with Gasteiger partial charge in [0.1, 0.15) is 5.75 Å². The lowest BCUT2D eigenvalue weighted by atomic mass is 10.2. The van der Waals surface area contributed by atoms with Crippen LogP contribution in [0.3, 0.4) is 0 Å². The number of nitrogens with zero attached hydrogens (tertiary/aromatic N) is 4. The van der Waals surface area contributed by atoms with Gasteiger partial charge in [0.25, 0.3) is 0 Å². The fourth-order valence-electron chi connectivity index (χ4n) is 2.12. The van der Waals surface area contributed by atoms with Crippen LogP contribution < -0.4 is 10.1 Å². The molecule has 0 aliphatic rings. The largest absolute Gasteiger partial charge is 0.423 e. The van der Waals surface area contributed by atoms with Crippen molar-refractivity contribution in [2.75, 3.05) is 0 Å². The Balaban J connectivity index is 1.78. The fourth-order valence-corrected chi connectivity index (χ4v) is 2.12. The maximum atomic E-state index is 5.85. The smallest absolute Gasteiger partial charge is 0.345 e. The van der Waals surface area contributed by atoms with Crippen molar-refractivity contribution < 1.29 is 4.74 Å². The SMILES string of the molecule is CC(C)NCc1cccc(Oc2nnnn2-c2ccccc2)c1. The second kappa shape index (κ2) is 7.02. The van der Waals surface area contributed by atoms with Crippen molar-refractivity contribution in [1.29, 1.82) is 0 Å². The van der Waals surface area contributed by atoms with E-state index in [2.05, 4.69) is 40.8 Å². The first-order chi connectivity index (χ1) is 11.2. The lowest BCUT2D eigenvalue weighted by molar-refractivity contribution is 0.426. The first-order valence-electron chi connectivity index (χ1n) is 7.56. The fraction of sp³-hybridized carbons (Fsp3) is 0.235. The van der Waals surface area contributed by atoms with Gasteiger partial charge in [0.2, 0.25) is 0 Å². The van der Waals surface area contributed by atoms with Crippen molar-refractivity contribution in [1.82, 2.24) is 25.5 Å². The molecule has 6 heteroatoms. The summed E-state index contributed by atoms with van der Waals surface area (Å²) in [4.78, 5) is 0. The van der Waals surface area contributed by atoms with Gasteiger partial charge in [-0.3, -0.25) is 0 Å². The number of tetrazole rings is 1. The van der Waals surface area contributed by atoms with Gasteiger partial charge in [-0.2, -0.15) is 4.68 Å². The Morgan fingerprint density at radius 2 is 1.91 bits per heavy atom. The molecular formula is C17H19N5O. The van der Waals surface area contributed by atoms with Gasteiger partial charge in [0, 0.05) is 12.6 Å². The average Bonchev–Trinajstić information content (AvgIpc) is 3.02. The molecule has 0 saturated heterocycles. The van der Waals surface area contributed by atoms with Crippen LogP contribution in [0.2, 0.25) is 0 Å². The van der Waals surface area contributed by atoms with E-state index < -0.39 is 0 Å². The van der Waals surface area contributed by atoms with E-state index in [-0.39, 0.29) is 0 Å². The molecule has 0 unspecified atom stereocenters. The van der Waals surface area contributed by atoms with Gasteiger partial charge in [-0.15, -0.1) is 0 Å². The third kappa shape index (κ3) is 3.92. The Morgan fingerprint density at radius 1 is 1.09 bits per heavy atom. The highest BCUT2D eigenvalue weighted by molar-refractivity contribution is 5.34. The lowest BCUT2D eigenvalue weighted by Crippen LogP contribution is -2.21. The van der Waals surface area contributed by atoms with Crippen molar-refractivity contribution >= 4 is 0 Å². The third-order valence-electron chi connectivity index (χ3n) is 3.26. The Labute approximate surface area is 135 Å². The quantitative estimate of drug-likeness (QED) is 0.758. The van der Waals surface area contributed by atoms with E-state index in [0.29, 0.717) is 17.8 Å². The maximum Gasteiger partial charge on any atom is 0.345 e. The molecule has 0 fully saturated rings. The first kappa shape index (κ1) is 15.2. The van der Waals surface area contributed by atoms with E-state index in [4.69, 9.17) is 4.74 Å².